The highest BCUT2D eigenvalue weighted by Crippen LogP contribution is 2.47. The zero-order valence-electron chi connectivity index (χ0n) is 13.5. The van der Waals surface area contributed by atoms with Crippen LogP contribution in [0.4, 0.5) is 5.69 Å². The standard InChI is InChI=1S/C18H22Cl2N2O2/c19-13-8-5-9-14(15(13)20)22-17(24)18(10-11-18)16(23)21-12-6-3-1-2-4-7-12/h5,8-9,12H,1-4,6-7,10-11H2,(H,21,23)(H,22,24). The van der Waals surface area contributed by atoms with Gasteiger partial charge in [0, 0.05) is 6.04 Å². The van der Waals surface area contributed by atoms with E-state index >= 15 is 0 Å². The lowest BCUT2D eigenvalue weighted by Gasteiger charge is -2.21. The Hall–Kier alpha value is -1.26. The van der Waals surface area contributed by atoms with Crippen LogP contribution in [0.25, 0.3) is 0 Å². The minimum Gasteiger partial charge on any atom is -0.352 e. The molecule has 0 radical (unpaired) electrons. The lowest BCUT2D eigenvalue weighted by Crippen LogP contribution is -2.44. The smallest absolute Gasteiger partial charge is 0.240 e. The number of rotatable bonds is 4. The maximum absolute atomic E-state index is 12.7. The first-order valence-corrected chi connectivity index (χ1v) is 9.35. The Balaban J connectivity index is 1.65. The fourth-order valence-corrected chi connectivity index (χ4v) is 3.62. The summed E-state index contributed by atoms with van der Waals surface area (Å²) in [6.45, 7) is 0. The molecular formula is C18H22Cl2N2O2. The van der Waals surface area contributed by atoms with Gasteiger partial charge in [0.2, 0.25) is 11.8 Å². The highest BCUT2D eigenvalue weighted by Gasteiger charge is 2.56. The number of hydrogen-bond acceptors (Lipinski definition) is 2. The Morgan fingerprint density at radius 1 is 1.00 bits per heavy atom. The molecule has 130 valence electrons. The molecule has 1 aromatic rings. The van der Waals surface area contributed by atoms with Crippen LogP contribution < -0.4 is 10.6 Å². The maximum Gasteiger partial charge on any atom is 0.240 e. The predicted octanol–water partition coefficient (Wildman–Crippen LogP) is 4.55. The van der Waals surface area contributed by atoms with Gasteiger partial charge < -0.3 is 10.6 Å². The molecule has 1 aromatic carbocycles. The number of benzene rings is 1. The molecule has 24 heavy (non-hydrogen) atoms. The summed E-state index contributed by atoms with van der Waals surface area (Å²) in [6, 6.07) is 5.26. The Kier molecular flexibility index (Phi) is 5.36. The molecule has 2 saturated carbocycles. The van der Waals surface area contributed by atoms with Crippen molar-refractivity contribution in [1.29, 1.82) is 0 Å². The summed E-state index contributed by atoms with van der Waals surface area (Å²) in [7, 11) is 0. The van der Waals surface area contributed by atoms with Gasteiger partial charge in [0.05, 0.1) is 15.7 Å². The Bertz CT molecular complexity index is 636. The van der Waals surface area contributed by atoms with Gasteiger partial charge in [-0.25, -0.2) is 0 Å². The molecule has 0 bridgehead atoms. The van der Waals surface area contributed by atoms with E-state index in [1.807, 2.05) is 0 Å². The molecule has 2 N–H and O–H groups in total. The van der Waals surface area contributed by atoms with Gasteiger partial charge >= 0.3 is 0 Å². The zero-order valence-corrected chi connectivity index (χ0v) is 15.1. The molecule has 0 saturated heterocycles. The SMILES string of the molecule is O=C(Nc1cccc(Cl)c1Cl)C1(C(=O)NC2CCCCCC2)CC1. The summed E-state index contributed by atoms with van der Waals surface area (Å²) < 4.78 is 0. The molecule has 2 aliphatic rings. The molecule has 2 amide bonds. The molecule has 4 nitrogen and oxygen atoms in total. The largest absolute Gasteiger partial charge is 0.352 e. The Morgan fingerprint density at radius 2 is 1.67 bits per heavy atom. The highest BCUT2D eigenvalue weighted by molar-refractivity contribution is 6.44. The van der Waals surface area contributed by atoms with E-state index in [1.165, 1.54) is 12.8 Å². The van der Waals surface area contributed by atoms with Gasteiger partial charge in [0.1, 0.15) is 5.41 Å². The third kappa shape index (κ3) is 3.70. The number of halogens is 2. The quantitative estimate of drug-likeness (QED) is 0.604. The predicted molar refractivity (Wildman–Crippen MR) is 96.4 cm³/mol. The Morgan fingerprint density at radius 3 is 2.29 bits per heavy atom. The number of hydrogen-bond donors (Lipinski definition) is 2. The molecule has 0 aromatic heterocycles. The van der Waals surface area contributed by atoms with Crippen LogP contribution in [-0.4, -0.2) is 17.9 Å². The summed E-state index contributed by atoms with van der Waals surface area (Å²) in [6.07, 6.45) is 7.90. The van der Waals surface area contributed by atoms with Crippen molar-refractivity contribution in [3.63, 3.8) is 0 Å². The van der Waals surface area contributed by atoms with E-state index in [4.69, 9.17) is 23.2 Å². The summed E-state index contributed by atoms with van der Waals surface area (Å²) >= 11 is 12.1. The number of amides is 2. The van der Waals surface area contributed by atoms with Crippen LogP contribution in [0, 0.1) is 5.41 Å². The molecule has 3 rings (SSSR count). The van der Waals surface area contributed by atoms with Gasteiger partial charge in [-0.1, -0.05) is 55.0 Å². The second-order valence-corrected chi connectivity index (χ2v) is 7.58. The molecule has 6 heteroatoms. The molecule has 2 fully saturated rings. The first-order valence-electron chi connectivity index (χ1n) is 8.59. The zero-order chi connectivity index (χ0) is 17.2. The first-order chi connectivity index (χ1) is 11.5. The minimum atomic E-state index is -0.946. The second kappa shape index (κ2) is 7.32. The summed E-state index contributed by atoms with van der Waals surface area (Å²) in [5.41, 5.74) is -0.500. The second-order valence-electron chi connectivity index (χ2n) is 6.80. The monoisotopic (exact) mass is 368 g/mol. The number of nitrogens with one attached hydrogen (secondary N) is 2. The molecule has 0 heterocycles. The van der Waals surface area contributed by atoms with Crippen molar-refractivity contribution in [3.05, 3.63) is 28.2 Å². The average Bonchev–Trinajstić information content (AvgIpc) is 3.37. The van der Waals surface area contributed by atoms with Gasteiger partial charge in [-0.15, -0.1) is 0 Å². The topological polar surface area (TPSA) is 58.2 Å². The van der Waals surface area contributed by atoms with Crippen molar-refractivity contribution >= 4 is 40.7 Å². The molecule has 0 unspecified atom stereocenters. The van der Waals surface area contributed by atoms with E-state index < -0.39 is 5.41 Å². The number of carbonyl (C=O) groups excluding carboxylic acids is 2. The van der Waals surface area contributed by atoms with Crippen molar-refractivity contribution in [1.82, 2.24) is 5.32 Å². The van der Waals surface area contributed by atoms with Crippen molar-refractivity contribution in [2.75, 3.05) is 5.32 Å². The van der Waals surface area contributed by atoms with Gasteiger partial charge in [-0.2, -0.15) is 0 Å². The number of anilines is 1. The third-order valence-corrected chi connectivity index (χ3v) is 5.83. The third-order valence-electron chi connectivity index (χ3n) is 5.01. The van der Waals surface area contributed by atoms with E-state index in [1.54, 1.807) is 18.2 Å². The van der Waals surface area contributed by atoms with Crippen molar-refractivity contribution < 1.29 is 9.59 Å². The molecule has 0 spiro atoms. The summed E-state index contributed by atoms with van der Waals surface area (Å²) in [4.78, 5) is 25.3. The van der Waals surface area contributed by atoms with Crippen LogP contribution in [0.5, 0.6) is 0 Å². The van der Waals surface area contributed by atoms with Crippen LogP contribution in [0.1, 0.15) is 51.4 Å². The Labute approximate surface area is 152 Å². The first kappa shape index (κ1) is 17.6. The molecule has 2 aliphatic carbocycles. The average molecular weight is 369 g/mol. The van der Waals surface area contributed by atoms with Gasteiger partial charge in [-0.05, 0) is 37.8 Å². The van der Waals surface area contributed by atoms with Crippen LogP contribution >= 0.6 is 23.2 Å². The molecular weight excluding hydrogens is 347 g/mol. The van der Waals surface area contributed by atoms with Crippen molar-refractivity contribution in [2.24, 2.45) is 5.41 Å². The fraction of sp³-hybridized carbons (Fsp3) is 0.556. The fourth-order valence-electron chi connectivity index (χ4n) is 3.27. The van der Waals surface area contributed by atoms with E-state index in [2.05, 4.69) is 10.6 Å². The lowest BCUT2D eigenvalue weighted by atomic mass is 10.0. The lowest BCUT2D eigenvalue weighted by molar-refractivity contribution is -0.134. The van der Waals surface area contributed by atoms with E-state index in [0.717, 1.165) is 25.7 Å². The van der Waals surface area contributed by atoms with Gasteiger partial charge in [0.25, 0.3) is 0 Å². The van der Waals surface area contributed by atoms with Gasteiger partial charge in [0.15, 0.2) is 0 Å². The summed E-state index contributed by atoms with van der Waals surface area (Å²) in [5.74, 6) is -0.442. The normalized spacial score (nSPS) is 20.1. The van der Waals surface area contributed by atoms with Crippen LogP contribution in [-0.2, 0) is 9.59 Å². The van der Waals surface area contributed by atoms with Crippen LogP contribution in [0.15, 0.2) is 18.2 Å². The minimum absolute atomic E-state index is 0.148. The van der Waals surface area contributed by atoms with E-state index in [9.17, 15) is 9.59 Å². The van der Waals surface area contributed by atoms with Crippen LogP contribution in [0.2, 0.25) is 10.0 Å². The maximum atomic E-state index is 12.7. The van der Waals surface area contributed by atoms with E-state index in [-0.39, 0.29) is 17.9 Å². The summed E-state index contributed by atoms with van der Waals surface area (Å²) in [5, 5.41) is 6.54. The van der Waals surface area contributed by atoms with Crippen molar-refractivity contribution in [2.45, 2.75) is 57.4 Å². The van der Waals surface area contributed by atoms with Crippen LogP contribution in [0.3, 0.4) is 0 Å². The van der Waals surface area contributed by atoms with E-state index in [0.29, 0.717) is 28.6 Å². The highest BCUT2D eigenvalue weighted by atomic mass is 35.5. The van der Waals surface area contributed by atoms with Crippen molar-refractivity contribution in [3.8, 4) is 0 Å². The number of carbonyl (C=O) groups is 2. The molecule has 0 atom stereocenters. The molecule has 0 aliphatic heterocycles. The van der Waals surface area contributed by atoms with Gasteiger partial charge in [-0.3, -0.25) is 9.59 Å².